The number of para-hydroxylation sites is 1. The third-order valence-electron chi connectivity index (χ3n) is 11.3. The van der Waals surface area contributed by atoms with Gasteiger partial charge in [0.2, 0.25) is 0 Å². The number of benzene rings is 7. The van der Waals surface area contributed by atoms with Gasteiger partial charge in [0.25, 0.3) is 0 Å². The lowest BCUT2D eigenvalue weighted by molar-refractivity contribution is 0.666. The van der Waals surface area contributed by atoms with Crippen molar-refractivity contribution in [2.75, 3.05) is 0 Å². The van der Waals surface area contributed by atoms with Crippen molar-refractivity contribution in [1.82, 2.24) is 9.13 Å². The highest BCUT2D eigenvalue weighted by atomic mass is 16.3. The number of aromatic nitrogens is 2. The van der Waals surface area contributed by atoms with Gasteiger partial charge in [-0.25, -0.2) is 0 Å². The van der Waals surface area contributed by atoms with E-state index >= 15 is 0 Å². The molecule has 0 radical (unpaired) electrons. The Balaban J connectivity index is 1.15. The maximum Gasteiger partial charge on any atom is 0.135 e. The highest BCUT2D eigenvalue weighted by molar-refractivity contribution is 6.15. The SMILES string of the molecule is CC1(C)c2ccccc2-c2ccc3c(c21)c1ccccc1n3-c1ccc2oc3ccc(-n4c5ccc(C#N)cc5c5cc(C#N)ccc54)cc3c2c1. The van der Waals surface area contributed by atoms with Gasteiger partial charge in [0.1, 0.15) is 11.2 Å². The van der Waals surface area contributed by atoms with Crippen LogP contribution < -0.4 is 0 Å². The maximum atomic E-state index is 9.68. The fraction of sp³-hybridized carbons (Fsp3) is 0.0638. The summed E-state index contributed by atoms with van der Waals surface area (Å²) in [5, 5.41) is 25.8. The molecule has 0 spiro atoms. The van der Waals surface area contributed by atoms with Crippen LogP contribution in [0.2, 0.25) is 0 Å². The molecular weight excluding hydrogens is 637 g/mol. The standard InChI is InChI=1S/C47H28N4O/c1-47(2)38-9-5-3-7-31(38)32-15-18-42-45(46(32)47)33-8-4-6-10-39(33)51(42)30-14-20-44-37(24-30)36-23-29(13-19-43(36)52-44)50-40-16-11-27(25-48)21-34(40)35-22-28(26-49)12-17-41(35)50/h3-24H,1-2H3. The zero-order valence-electron chi connectivity index (χ0n) is 28.4. The summed E-state index contributed by atoms with van der Waals surface area (Å²) in [7, 11) is 0. The molecule has 7 aromatic carbocycles. The van der Waals surface area contributed by atoms with Crippen molar-refractivity contribution >= 4 is 65.6 Å². The molecule has 242 valence electrons. The zero-order valence-corrected chi connectivity index (χ0v) is 28.4. The molecule has 11 rings (SSSR count). The Morgan fingerprint density at radius 1 is 0.500 bits per heavy atom. The molecule has 5 nitrogen and oxygen atoms in total. The molecule has 3 heterocycles. The third kappa shape index (κ3) is 3.64. The Hall–Kier alpha value is -7.08. The van der Waals surface area contributed by atoms with Crippen LogP contribution >= 0.6 is 0 Å². The quantitative estimate of drug-likeness (QED) is 0.185. The van der Waals surface area contributed by atoms with Crippen molar-refractivity contribution in [3.63, 3.8) is 0 Å². The molecule has 0 saturated heterocycles. The first-order chi connectivity index (χ1) is 25.4. The van der Waals surface area contributed by atoms with Gasteiger partial charge in [-0.15, -0.1) is 0 Å². The van der Waals surface area contributed by atoms with Gasteiger partial charge in [-0.1, -0.05) is 62.4 Å². The average molecular weight is 665 g/mol. The minimum absolute atomic E-state index is 0.138. The van der Waals surface area contributed by atoms with Crippen molar-refractivity contribution in [1.29, 1.82) is 10.5 Å². The first-order valence-electron chi connectivity index (χ1n) is 17.5. The van der Waals surface area contributed by atoms with E-state index in [9.17, 15) is 10.5 Å². The highest BCUT2D eigenvalue weighted by Gasteiger charge is 2.38. The van der Waals surface area contributed by atoms with E-state index in [0.29, 0.717) is 11.1 Å². The van der Waals surface area contributed by atoms with Crippen molar-refractivity contribution in [2.24, 2.45) is 0 Å². The molecule has 0 aliphatic heterocycles. The van der Waals surface area contributed by atoms with Gasteiger partial charge in [-0.2, -0.15) is 10.5 Å². The summed E-state index contributed by atoms with van der Waals surface area (Å²) < 4.78 is 11.1. The van der Waals surface area contributed by atoms with Crippen LogP contribution in [0.3, 0.4) is 0 Å². The molecule has 0 fully saturated rings. The number of hydrogen-bond donors (Lipinski definition) is 0. The van der Waals surface area contributed by atoms with Gasteiger partial charge in [-0.05, 0) is 107 Å². The largest absolute Gasteiger partial charge is 0.456 e. The lowest BCUT2D eigenvalue weighted by Crippen LogP contribution is -2.15. The van der Waals surface area contributed by atoms with E-state index in [-0.39, 0.29) is 5.41 Å². The highest BCUT2D eigenvalue weighted by Crippen LogP contribution is 2.53. The summed E-state index contributed by atoms with van der Waals surface area (Å²) >= 11 is 0. The molecule has 0 atom stereocenters. The molecule has 10 aromatic rings. The molecular formula is C47H28N4O. The molecule has 3 aromatic heterocycles. The molecule has 5 heteroatoms. The Morgan fingerprint density at radius 2 is 1.06 bits per heavy atom. The first kappa shape index (κ1) is 28.7. The average Bonchev–Trinajstić information content (AvgIpc) is 3.89. The summed E-state index contributed by atoms with van der Waals surface area (Å²) in [5.41, 5.74) is 14.4. The van der Waals surface area contributed by atoms with Gasteiger partial charge in [-0.3, -0.25) is 0 Å². The third-order valence-corrected chi connectivity index (χ3v) is 11.3. The molecule has 0 N–H and O–H groups in total. The van der Waals surface area contributed by atoms with E-state index in [1.165, 1.54) is 44.1 Å². The molecule has 1 aliphatic rings. The second kappa shape index (κ2) is 10.0. The van der Waals surface area contributed by atoms with E-state index in [1.807, 2.05) is 42.5 Å². The number of fused-ring (bicyclic) bond motifs is 13. The predicted molar refractivity (Wildman–Crippen MR) is 209 cm³/mol. The summed E-state index contributed by atoms with van der Waals surface area (Å²) in [5.74, 6) is 0. The predicted octanol–water partition coefficient (Wildman–Crippen LogP) is 11.8. The van der Waals surface area contributed by atoms with Gasteiger partial charge in [0, 0.05) is 49.1 Å². The van der Waals surface area contributed by atoms with Gasteiger partial charge in [0.05, 0.1) is 45.3 Å². The summed E-state index contributed by atoms with van der Waals surface area (Å²) in [4.78, 5) is 0. The number of furan rings is 1. The second-order valence-corrected chi connectivity index (χ2v) is 14.4. The summed E-state index contributed by atoms with van der Waals surface area (Å²) in [6.07, 6.45) is 0. The first-order valence-corrected chi connectivity index (χ1v) is 17.5. The fourth-order valence-corrected chi connectivity index (χ4v) is 9.08. The molecule has 1 aliphatic carbocycles. The maximum absolute atomic E-state index is 9.68. The van der Waals surface area contributed by atoms with E-state index in [0.717, 1.165) is 55.1 Å². The lowest BCUT2D eigenvalue weighted by Gasteiger charge is -2.22. The van der Waals surface area contributed by atoms with Crippen LogP contribution in [0.25, 0.3) is 88.1 Å². The van der Waals surface area contributed by atoms with Gasteiger partial charge >= 0.3 is 0 Å². The lowest BCUT2D eigenvalue weighted by atomic mass is 9.80. The topological polar surface area (TPSA) is 70.6 Å². The number of hydrogen-bond acceptors (Lipinski definition) is 3. The molecule has 0 amide bonds. The van der Waals surface area contributed by atoms with Gasteiger partial charge < -0.3 is 13.6 Å². The van der Waals surface area contributed by atoms with Crippen LogP contribution in [-0.4, -0.2) is 9.13 Å². The Labute approximate surface area is 298 Å². The molecule has 52 heavy (non-hydrogen) atoms. The van der Waals surface area contributed by atoms with Gasteiger partial charge in [0.15, 0.2) is 0 Å². The fourth-order valence-electron chi connectivity index (χ4n) is 9.08. The molecule has 0 saturated carbocycles. The van der Waals surface area contributed by atoms with Crippen molar-refractivity contribution in [3.8, 4) is 34.6 Å². The number of nitrogens with zero attached hydrogens (tertiary/aromatic N) is 4. The normalized spacial score (nSPS) is 13.3. The van der Waals surface area contributed by atoms with Crippen LogP contribution in [0.1, 0.15) is 36.1 Å². The minimum Gasteiger partial charge on any atom is -0.456 e. The smallest absolute Gasteiger partial charge is 0.135 e. The summed E-state index contributed by atoms with van der Waals surface area (Å²) in [6.45, 7) is 4.71. The van der Waals surface area contributed by atoms with Crippen molar-refractivity contribution in [2.45, 2.75) is 19.3 Å². The van der Waals surface area contributed by atoms with Crippen LogP contribution in [0.4, 0.5) is 0 Å². The van der Waals surface area contributed by atoms with E-state index < -0.39 is 0 Å². The van der Waals surface area contributed by atoms with Crippen LogP contribution in [-0.2, 0) is 5.41 Å². The number of nitriles is 2. The number of rotatable bonds is 2. The van der Waals surface area contributed by atoms with Crippen LogP contribution in [0.15, 0.2) is 138 Å². The van der Waals surface area contributed by atoms with E-state index in [4.69, 9.17) is 4.42 Å². The van der Waals surface area contributed by atoms with Crippen LogP contribution in [0, 0.1) is 22.7 Å². The van der Waals surface area contributed by atoms with Crippen LogP contribution in [0.5, 0.6) is 0 Å². The Kier molecular flexibility index (Phi) is 5.53. The van der Waals surface area contributed by atoms with E-state index in [1.54, 1.807) is 0 Å². The zero-order chi connectivity index (χ0) is 34.9. The minimum atomic E-state index is -0.138. The van der Waals surface area contributed by atoms with E-state index in [2.05, 4.69) is 126 Å². The summed E-state index contributed by atoms with van der Waals surface area (Å²) in [6, 6.07) is 51.1. The molecule has 0 bridgehead atoms. The monoisotopic (exact) mass is 664 g/mol. The molecule has 0 unspecified atom stereocenters. The Bertz CT molecular complexity index is 3230. The van der Waals surface area contributed by atoms with Crippen molar-refractivity contribution in [3.05, 3.63) is 156 Å². The van der Waals surface area contributed by atoms with Crippen molar-refractivity contribution < 1.29 is 4.42 Å². The Morgan fingerprint density at radius 3 is 1.71 bits per heavy atom. The second-order valence-electron chi connectivity index (χ2n) is 14.4.